The van der Waals surface area contributed by atoms with Crippen molar-refractivity contribution in [2.24, 2.45) is 5.92 Å². The summed E-state index contributed by atoms with van der Waals surface area (Å²) in [6.45, 7) is 2.21. The Bertz CT molecular complexity index is 554. The number of hydrogen-bond acceptors (Lipinski definition) is 1. The molecule has 2 heteroatoms. The third kappa shape index (κ3) is 3.23. The molecule has 1 aliphatic rings. The number of rotatable bonds is 3. The molecule has 2 aromatic rings. The SMILES string of the molecule is CC[C@@H]1[C@H](O)C[C@@H](c2ccccc2)[Se][C@H]1c1ccccc1. The molecule has 21 heavy (non-hydrogen) atoms. The zero-order chi connectivity index (χ0) is 14.7. The van der Waals surface area contributed by atoms with Crippen LogP contribution in [0.3, 0.4) is 0 Å². The Kier molecular flexibility index (Phi) is 4.80. The summed E-state index contributed by atoms with van der Waals surface area (Å²) < 4.78 is 0. The zero-order valence-electron chi connectivity index (χ0n) is 12.4. The van der Waals surface area contributed by atoms with Crippen molar-refractivity contribution in [3.8, 4) is 0 Å². The molecule has 0 amide bonds. The van der Waals surface area contributed by atoms with Gasteiger partial charge < -0.3 is 0 Å². The molecule has 1 saturated heterocycles. The van der Waals surface area contributed by atoms with Crippen molar-refractivity contribution < 1.29 is 5.11 Å². The first kappa shape index (κ1) is 14.8. The van der Waals surface area contributed by atoms with E-state index in [1.165, 1.54) is 11.1 Å². The Labute approximate surface area is 133 Å². The van der Waals surface area contributed by atoms with E-state index in [0.717, 1.165) is 12.8 Å². The minimum absolute atomic E-state index is 0.180. The van der Waals surface area contributed by atoms with Crippen molar-refractivity contribution in [3.63, 3.8) is 0 Å². The van der Waals surface area contributed by atoms with Gasteiger partial charge in [-0.25, -0.2) is 0 Å². The fourth-order valence-corrected chi connectivity index (χ4v) is 7.18. The summed E-state index contributed by atoms with van der Waals surface area (Å²) in [4.78, 5) is 1.05. The van der Waals surface area contributed by atoms with Gasteiger partial charge in [-0.05, 0) is 0 Å². The summed E-state index contributed by atoms with van der Waals surface area (Å²) in [5.41, 5.74) is 2.80. The average Bonchev–Trinajstić information content (AvgIpc) is 2.55. The number of aliphatic hydroxyl groups excluding tert-OH is 1. The topological polar surface area (TPSA) is 20.2 Å². The molecular weight excluding hydrogens is 323 g/mol. The van der Waals surface area contributed by atoms with Crippen molar-refractivity contribution >= 4 is 15.0 Å². The molecule has 0 aromatic heterocycles. The molecule has 3 rings (SSSR count). The quantitative estimate of drug-likeness (QED) is 0.835. The van der Waals surface area contributed by atoms with Crippen LogP contribution < -0.4 is 0 Å². The van der Waals surface area contributed by atoms with Gasteiger partial charge in [-0.1, -0.05) is 0 Å². The minimum atomic E-state index is -0.180. The maximum absolute atomic E-state index is 10.6. The molecule has 2 aromatic carbocycles. The van der Waals surface area contributed by atoms with Crippen molar-refractivity contribution in [1.82, 2.24) is 0 Å². The first-order valence-electron chi connectivity index (χ1n) is 7.73. The Morgan fingerprint density at radius 1 is 0.952 bits per heavy atom. The van der Waals surface area contributed by atoms with E-state index in [-0.39, 0.29) is 6.10 Å². The molecule has 0 radical (unpaired) electrons. The Balaban J connectivity index is 1.89. The van der Waals surface area contributed by atoms with Crippen LogP contribution in [0.2, 0.25) is 0 Å². The first-order valence-corrected chi connectivity index (χ1v) is 9.70. The Hall–Kier alpha value is -1.08. The van der Waals surface area contributed by atoms with Crippen molar-refractivity contribution in [2.45, 2.75) is 35.5 Å². The van der Waals surface area contributed by atoms with Crippen LogP contribution in [0.15, 0.2) is 60.7 Å². The predicted octanol–water partition coefficient (Wildman–Crippen LogP) is 3.96. The molecule has 1 nitrogen and oxygen atoms in total. The summed E-state index contributed by atoms with van der Waals surface area (Å²) >= 11 is 0.489. The number of benzene rings is 2. The summed E-state index contributed by atoms with van der Waals surface area (Å²) in [6, 6.07) is 21.5. The van der Waals surface area contributed by atoms with Gasteiger partial charge in [-0.2, -0.15) is 0 Å². The van der Waals surface area contributed by atoms with Crippen LogP contribution in [0.25, 0.3) is 0 Å². The van der Waals surface area contributed by atoms with Gasteiger partial charge >= 0.3 is 133 Å². The van der Waals surface area contributed by atoms with Gasteiger partial charge in [0, 0.05) is 0 Å². The van der Waals surface area contributed by atoms with Crippen molar-refractivity contribution in [3.05, 3.63) is 71.8 Å². The van der Waals surface area contributed by atoms with Crippen LogP contribution in [0.4, 0.5) is 0 Å². The van der Waals surface area contributed by atoms with Gasteiger partial charge in [0.2, 0.25) is 0 Å². The summed E-state index contributed by atoms with van der Waals surface area (Å²) in [7, 11) is 0. The van der Waals surface area contributed by atoms with E-state index in [9.17, 15) is 5.11 Å². The van der Waals surface area contributed by atoms with E-state index in [2.05, 4.69) is 67.6 Å². The number of hydrogen-bond donors (Lipinski definition) is 1. The van der Waals surface area contributed by atoms with Gasteiger partial charge in [0.15, 0.2) is 0 Å². The molecule has 110 valence electrons. The van der Waals surface area contributed by atoms with Gasteiger partial charge in [0.1, 0.15) is 0 Å². The molecule has 1 N–H and O–H groups in total. The van der Waals surface area contributed by atoms with E-state index in [4.69, 9.17) is 0 Å². The third-order valence-corrected chi connectivity index (χ3v) is 8.00. The van der Waals surface area contributed by atoms with Gasteiger partial charge in [-0.3, -0.25) is 0 Å². The molecule has 0 spiro atoms. The molecule has 1 aliphatic heterocycles. The van der Waals surface area contributed by atoms with Gasteiger partial charge in [0.05, 0.1) is 0 Å². The van der Waals surface area contributed by atoms with E-state index in [0.29, 0.717) is 30.5 Å². The standard InChI is InChI=1S/C19H22OSe/c1-2-16-17(20)13-18(14-9-5-3-6-10-14)21-19(16)15-11-7-4-8-12-15/h3-12,16-20H,2,13H2,1H3/t16-,17-,18+,19+/m1/s1. The number of aliphatic hydroxyl groups is 1. The van der Waals surface area contributed by atoms with Crippen LogP contribution in [0, 0.1) is 5.92 Å². The maximum atomic E-state index is 10.6. The predicted molar refractivity (Wildman–Crippen MR) is 88.5 cm³/mol. The third-order valence-electron chi connectivity index (χ3n) is 4.42. The van der Waals surface area contributed by atoms with Crippen LogP contribution in [-0.2, 0) is 0 Å². The van der Waals surface area contributed by atoms with E-state index >= 15 is 0 Å². The molecule has 0 saturated carbocycles. The van der Waals surface area contributed by atoms with Crippen LogP contribution >= 0.6 is 0 Å². The molecule has 0 aliphatic carbocycles. The zero-order valence-corrected chi connectivity index (χ0v) is 14.1. The molecule has 1 heterocycles. The van der Waals surface area contributed by atoms with Crippen molar-refractivity contribution in [1.29, 1.82) is 0 Å². The van der Waals surface area contributed by atoms with E-state index in [1.807, 2.05) is 0 Å². The average molecular weight is 345 g/mol. The molecular formula is C19H22OSe. The summed E-state index contributed by atoms with van der Waals surface area (Å²) in [6.07, 6.45) is 1.80. The van der Waals surface area contributed by atoms with E-state index in [1.54, 1.807) is 0 Å². The molecule has 1 fully saturated rings. The molecule has 0 unspecified atom stereocenters. The summed E-state index contributed by atoms with van der Waals surface area (Å²) in [5, 5.41) is 10.6. The summed E-state index contributed by atoms with van der Waals surface area (Å²) in [5.74, 6) is 0.410. The molecule has 4 atom stereocenters. The fourth-order valence-electron chi connectivity index (χ4n) is 3.27. The van der Waals surface area contributed by atoms with Gasteiger partial charge in [0.25, 0.3) is 0 Å². The second kappa shape index (κ2) is 6.79. The van der Waals surface area contributed by atoms with Crippen LogP contribution in [0.1, 0.15) is 40.5 Å². The van der Waals surface area contributed by atoms with Crippen molar-refractivity contribution in [2.75, 3.05) is 0 Å². The first-order chi connectivity index (χ1) is 10.3. The van der Waals surface area contributed by atoms with E-state index < -0.39 is 0 Å². The second-order valence-electron chi connectivity index (χ2n) is 5.74. The van der Waals surface area contributed by atoms with Crippen LogP contribution in [0.5, 0.6) is 0 Å². The Morgan fingerprint density at radius 3 is 2.10 bits per heavy atom. The van der Waals surface area contributed by atoms with Gasteiger partial charge in [-0.15, -0.1) is 0 Å². The normalized spacial score (nSPS) is 29.2. The second-order valence-corrected chi connectivity index (χ2v) is 8.57. The van der Waals surface area contributed by atoms with Crippen LogP contribution in [-0.4, -0.2) is 26.2 Å². The fraction of sp³-hybridized carbons (Fsp3) is 0.368. The molecule has 0 bridgehead atoms. The monoisotopic (exact) mass is 346 g/mol. The Morgan fingerprint density at radius 2 is 1.52 bits per heavy atom.